The highest BCUT2D eigenvalue weighted by molar-refractivity contribution is 7.98. The first-order chi connectivity index (χ1) is 9.67. The van der Waals surface area contributed by atoms with Gasteiger partial charge in [0.25, 0.3) is 0 Å². The Labute approximate surface area is 130 Å². The van der Waals surface area contributed by atoms with Crippen LogP contribution in [0.4, 0.5) is 5.82 Å². The normalized spacial score (nSPS) is 17.9. The second-order valence-corrected chi connectivity index (χ2v) is 6.57. The van der Waals surface area contributed by atoms with Crippen LogP contribution in [0.2, 0.25) is 5.15 Å². The third-order valence-corrected chi connectivity index (χ3v) is 4.25. The minimum Gasteiger partial charge on any atom is -0.370 e. The lowest BCUT2D eigenvalue weighted by atomic mass is 10.1. The van der Waals surface area contributed by atoms with Gasteiger partial charge in [-0.05, 0) is 38.1 Å². The van der Waals surface area contributed by atoms with Crippen LogP contribution in [-0.2, 0) is 0 Å². The van der Waals surface area contributed by atoms with E-state index in [0.29, 0.717) is 16.2 Å². The monoisotopic (exact) mass is 314 g/mol. The Hall–Kier alpha value is -0.520. The predicted octanol–water partition coefficient (Wildman–Crippen LogP) is 3.39. The second kappa shape index (κ2) is 8.05. The van der Waals surface area contributed by atoms with Gasteiger partial charge < -0.3 is 10.2 Å². The summed E-state index contributed by atoms with van der Waals surface area (Å²) in [5.74, 6) is 1.42. The van der Waals surface area contributed by atoms with Crippen molar-refractivity contribution in [1.29, 1.82) is 0 Å². The van der Waals surface area contributed by atoms with E-state index in [9.17, 15) is 0 Å². The molecule has 20 heavy (non-hydrogen) atoms. The highest BCUT2D eigenvalue weighted by Gasteiger charge is 2.13. The fourth-order valence-electron chi connectivity index (χ4n) is 2.50. The van der Waals surface area contributed by atoms with Gasteiger partial charge in [-0.15, -0.1) is 0 Å². The molecule has 0 aliphatic carbocycles. The van der Waals surface area contributed by atoms with Gasteiger partial charge in [-0.3, -0.25) is 0 Å². The summed E-state index contributed by atoms with van der Waals surface area (Å²) in [6, 6.07) is 1.79. The number of nitrogens with zero attached hydrogens (tertiary/aromatic N) is 3. The molecule has 1 saturated heterocycles. The van der Waals surface area contributed by atoms with Crippen molar-refractivity contribution in [3.63, 3.8) is 0 Å². The number of hydrogen-bond acceptors (Lipinski definition) is 5. The number of halogens is 1. The maximum absolute atomic E-state index is 5.99. The Bertz CT molecular complexity index is 424. The number of thioether (sulfide) groups is 1. The van der Waals surface area contributed by atoms with E-state index in [2.05, 4.69) is 27.1 Å². The highest BCUT2D eigenvalue weighted by Crippen LogP contribution is 2.18. The number of rotatable bonds is 6. The molecule has 1 aromatic rings. The molecule has 4 nitrogen and oxygen atoms in total. The van der Waals surface area contributed by atoms with Gasteiger partial charge in [-0.25, -0.2) is 9.97 Å². The average molecular weight is 315 g/mol. The highest BCUT2D eigenvalue weighted by atomic mass is 35.5. The first-order valence-corrected chi connectivity index (χ1v) is 8.82. The quantitative estimate of drug-likeness (QED) is 0.495. The van der Waals surface area contributed by atoms with E-state index in [1.165, 1.54) is 44.1 Å². The standard InChI is InChI=1S/C14H23ClN4S/c1-11(10-19-6-4-3-5-7-19)9-16-13-8-12(15)17-14(18-13)20-2/h8,11H,3-7,9-10H2,1-2H3,(H,16,17,18). The van der Waals surface area contributed by atoms with Gasteiger partial charge in [0, 0.05) is 19.2 Å². The lowest BCUT2D eigenvalue weighted by Gasteiger charge is -2.29. The molecule has 1 unspecified atom stereocenters. The summed E-state index contributed by atoms with van der Waals surface area (Å²) < 4.78 is 0. The maximum Gasteiger partial charge on any atom is 0.190 e. The number of aromatic nitrogens is 2. The van der Waals surface area contributed by atoms with E-state index in [4.69, 9.17) is 11.6 Å². The zero-order valence-electron chi connectivity index (χ0n) is 12.2. The summed E-state index contributed by atoms with van der Waals surface area (Å²) in [5.41, 5.74) is 0. The Kier molecular flexibility index (Phi) is 6.39. The molecule has 1 fully saturated rings. The molecule has 1 atom stereocenters. The van der Waals surface area contributed by atoms with Crippen LogP contribution < -0.4 is 5.32 Å². The minimum absolute atomic E-state index is 0.496. The number of anilines is 1. The van der Waals surface area contributed by atoms with Crippen molar-refractivity contribution in [2.24, 2.45) is 5.92 Å². The van der Waals surface area contributed by atoms with E-state index in [1.807, 2.05) is 6.26 Å². The lowest BCUT2D eigenvalue weighted by Crippen LogP contribution is -2.35. The van der Waals surface area contributed by atoms with Crippen LogP contribution in [0.15, 0.2) is 11.2 Å². The van der Waals surface area contributed by atoms with Crippen molar-refractivity contribution < 1.29 is 0 Å². The van der Waals surface area contributed by atoms with Gasteiger partial charge in [0.2, 0.25) is 0 Å². The first-order valence-electron chi connectivity index (χ1n) is 7.22. The van der Waals surface area contributed by atoms with Gasteiger partial charge in [-0.2, -0.15) is 0 Å². The van der Waals surface area contributed by atoms with Crippen molar-refractivity contribution in [3.8, 4) is 0 Å². The SMILES string of the molecule is CSc1nc(Cl)cc(NCC(C)CN2CCCCC2)n1. The van der Waals surface area contributed by atoms with E-state index < -0.39 is 0 Å². The lowest BCUT2D eigenvalue weighted by molar-refractivity contribution is 0.204. The molecule has 0 aromatic carbocycles. The van der Waals surface area contributed by atoms with Crippen LogP contribution in [0, 0.1) is 5.92 Å². The maximum atomic E-state index is 5.99. The third kappa shape index (κ3) is 5.11. The van der Waals surface area contributed by atoms with Gasteiger partial charge in [-0.1, -0.05) is 36.7 Å². The summed E-state index contributed by atoms with van der Waals surface area (Å²) in [7, 11) is 0. The molecule has 112 valence electrons. The van der Waals surface area contributed by atoms with Gasteiger partial charge in [0.1, 0.15) is 11.0 Å². The smallest absolute Gasteiger partial charge is 0.190 e. The Morgan fingerprint density at radius 3 is 2.80 bits per heavy atom. The number of hydrogen-bond donors (Lipinski definition) is 1. The first kappa shape index (κ1) is 15.9. The molecule has 0 spiro atoms. The van der Waals surface area contributed by atoms with Crippen LogP contribution in [0.1, 0.15) is 26.2 Å². The summed E-state index contributed by atoms with van der Waals surface area (Å²) >= 11 is 7.49. The summed E-state index contributed by atoms with van der Waals surface area (Å²) in [6.07, 6.45) is 6.03. The molecular weight excluding hydrogens is 292 g/mol. The largest absolute Gasteiger partial charge is 0.370 e. The molecule has 1 aliphatic heterocycles. The number of likely N-dealkylation sites (tertiary alicyclic amines) is 1. The fraction of sp³-hybridized carbons (Fsp3) is 0.714. The summed E-state index contributed by atoms with van der Waals surface area (Å²) in [4.78, 5) is 11.1. The Morgan fingerprint density at radius 2 is 2.10 bits per heavy atom. The number of nitrogens with one attached hydrogen (secondary N) is 1. The molecule has 0 radical (unpaired) electrons. The fourth-order valence-corrected chi connectivity index (χ4v) is 3.12. The van der Waals surface area contributed by atoms with Crippen LogP contribution in [0.5, 0.6) is 0 Å². The minimum atomic E-state index is 0.496. The topological polar surface area (TPSA) is 41.1 Å². The predicted molar refractivity (Wildman–Crippen MR) is 86.8 cm³/mol. The zero-order chi connectivity index (χ0) is 14.4. The molecular formula is C14H23ClN4S. The van der Waals surface area contributed by atoms with Crippen molar-refractivity contribution >= 4 is 29.2 Å². The van der Waals surface area contributed by atoms with Crippen LogP contribution in [0.3, 0.4) is 0 Å². The second-order valence-electron chi connectivity index (χ2n) is 5.41. The van der Waals surface area contributed by atoms with E-state index >= 15 is 0 Å². The van der Waals surface area contributed by atoms with Gasteiger partial charge in [0.15, 0.2) is 5.16 Å². The van der Waals surface area contributed by atoms with Crippen LogP contribution in [-0.4, -0.2) is 47.3 Å². The van der Waals surface area contributed by atoms with Crippen LogP contribution in [0.25, 0.3) is 0 Å². The average Bonchev–Trinajstić information content (AvgIpc) is 2.45. The molecule has 2 heterocycles. The van der Waals surface area contributed by atoms with Crippen molar-refractivity contribution in [1.82, 2.24) is 14.9 Å². The molecule has 1 aliphatic rings. The molecule has 1 N–H and O–H groups in total. The van der Waals surface area contributed by atoms with Crippen LogP contribution >= 0.6 is 23.4 Å². The van der Waals surface area contributed by atoms with E-state index in [-0.39, 0.29) is 0 Å². The molecule has 0 amide bonds. The van der Waals surface area contributed by atoms with Gasteiger partial charge >= 0.3 is 0 Å². The summed E-state index contributed by atoms with van der Waals surface area (Å²) in [6.45, 7) is 6.85. The van der Waals surface area contributed by atoms with Crippen molar-refractivity contribution in [2.75, 3.05) is 37.8 Å². The van der Waals surface area contributed by atoms with Crippen molar-refractivity contribution in [3.05, 3.63) is 11.2 Å². The zero-order valence-corrected chi connectivity index (χ0v) is 13.8. The molecule has 0 saturated carbocycles. The summed E-state index contributed by atoms with van der Waals surface area (Å²) in [5, 5.41) is 4.58. The number of piperidine rings is 1. The molecule has 1 aromatic heterocycles. The molecule has 6 heteroatoms. The Morgan fingerprint density at radius 1 is 1.35 bits per heavy atom. The molecule has 2 rings (SSSR count). The van der Waals surface area contributed by atoms with Gasteiger partial charge in [0.05, 0.1) is 0 Å². The van der Waals surface area contributed by atoms with E-state index in [0.717, 1.165) is 18.9 Å². The third-order valence-electron chi connectivity index (χ3n) is 3.51. The van der Waals surface area contributed by atoms with Crippen molar-refractivity contribution in [2.45, 2.75) is 31.3 Å². The molecule has 0 bridgehead atoms. The van der Waals surface area contributed by atoms with E-state index in [1.54, 1.807) is 6.07 Å². The Balaban J connectivity index is 1.80.